The van der Waals surface area contributed by atoms with Gasteiger partial charge >= 0.3 is 0 Å². The van der Waals surface area contributed by atoms with Crippen molar-refractivity contribution in [3.63, 3.8) is 0 Å². The molecule has 1 unspecified atom stereocenters. The summed E-state index contributed by atoms with van der Waals surface area (Å²) in [5.74, 6) is 2.06. The molecule has 1 atom stereocenters. The van der Waals surface area contributed by atoms with E-state index in [4.69, 9.17) is 4.74 Å². The van der Waals surface area contributed by atoms with Crippen LogP contribution in [-0.2, 0) is 16.1 Å². The van der Waals surface area contributed by atoms with Gasteiger partial charge in [0.15, 0.2) is 0 Å². The second-order valence-corrected chi connectivity index (χ2v) is 7.45. The quantitative estimate of drug-likeness (QED) is 0.835. The van der Waals surface area contributed by atoms with E-state index in [0.717, 1.165) is 43.0 Å². The monoisotopic (exact) mass is 348 g/mol. The predicted molar refractivity (Wildman–Crippen MR) is 95.1 cm³/mol. The van der Waals surface area contributed by atoms with Crippen molar-refractivity contribution in [2.75, 3.05) is 38.2 Å². The molecule has 2 amide bonds. The number of hydrogen-bond donors (Lipinski definition) is 0. The van der Waals surface area contributed by atoms with Crippen LogP contribution < -0.4 is 0 Å². The highest BCUT2D eigenvalue weighted by Gasteiger charge is 2.37. The molecule has 5 nitrogen and oxygen atoms in total. The van der Waals surface area contributed by atoms with E-state index in [1.165, 1.54) is 0 Å². The van der Waals surface area contributed by atoms with Crippen LogP contribution in [0.15, 0.2) is 24.3 Å². The molecule has 2 fully saturated rings. The molecule has 0 bridgehead atoms. The molecule has 0 N–H and O–H groups in total. The minimum Gasteiger partial charge on any atom is -0.380 e. The molecule has 2 aliphatic heterocycles. The highest BCUT2D eigenvalue weighted by Crippen LogP contribution is 2.23. The molecule has 0 spiro atoms. The largest absolute Gasteiger partial charge is 0.380 e. The van der Waals surface area contributed by atoms with Crippen molar-refractivity contribution in [2.24, 2.45) is 0 Å². The molecule has 24 heavy (non-hydrogen) atoms. The Kier molecular flexibility index (Phi) is 5.79. The van der Waals surface area contributed by atoms with Crippen LogP contribution in [0.1, 0.15) is 28.8 Å². The number of ether oxygens (including phenoxy) is 1. The Balaban J connectivity index is 1.73. The van der Waals surface area contributed by atoms with Gasteiger partial charge in [-0.2, -0.15) is 11.8 Å². The molecule has 130 valence electrons. The maximum Gasteiger partial charge on any atom is 0.254 e. The van der Waals surface area contributed by atoms with Crippen molar-refractivity contribution in [2.45, 2.75) is 25.5 Å². The van der Waals surface area contributed by atoms with Gasteiger partial charge < -0.3 is 14.5 Å². The number of methoxy groups -OCH3 is 1. The van der Waals surface area contributed by atoms with Crippen LogP contribution in [0.25, 0.3) is 0 Å². The van der Waals surface area contributed by atoms with Gasteiger partial charge in [-0.05, 0) is 30.5 Å². The molecule has 6 heteroatoms. The standard InChI is InChI=1S/C18H24N2O3S/c1-23-13-14-4-2-5-15(12-14)17(21)20-7-3-6-16(20)18(22)19-8-10-24-11-9-19/h2,4-5,12,16H,3,6-11,13H2,1H3. The lowest BCUT2D eigenvalue weighted by atomic mass is 10.1. The summed E-state index contributed by atoms with van der Waals surface area (Å²) < 4.78 is 5.14. The van der Waals surface area contributed by atoms with Gasteiger partial charge in [-0.1, -0.05) is 12.1 Å². The number of benzene rings is 1. The van der Waals surface area contributed by atoms with Gasteiger partial charge in [0, 0.05) is 43.8 Å². The van der Waals surface area contributed by atoms with Crippen LogP contribution in [0.2, 0.25) is 0 Å². The Hall–Kier alpha value is -1.53. The zero-order valence-electron chi connectivity index (χ0n) is 14.1. The van der Waals surface area contributed by atoms with Crippen LogP contribution in [0.5, 0.6) is 0 Å². The molecule has 1 aromatic carbocycles. The van der Waals surface area contributed by atoms with E-state index in [9.17, 15) is 9.59 Å². The van der Waals surface area contributed by atoms with Gasteiger partial charge in [0.2, 0.25) is 5.91 Å². The van der Waals surface area contributed by atoms with Gasteiger partial charge in [-0.25, -0.2) is 0 Å². The predicted octanol–water partition coefficient (Wildman–Crippen LogP) is 2.01. The number of amides is 2. The van der Waals surface area contributed by atoms with Crippen molar-refractivity contribution in [3.05, 3.63) is 35.4 Å². The van der Waals surface area contributed by atoms with E-state index in [0.29, 0.717) is 18.7 Å². The summed E-state index contributed by atoms with van der Waals surface area (Å²) in [6, 6.07) is 7.20. The van der Waals surface area contributed by atoms with Crippen molar-refractivity contribution in [1.82, 2.24) is 9.80 Å². The minimum atomic E-state index is -0.299. The molecule has 0 saturated carbocycles. The van der Waals surface area contributed by atoms with Crippen LogP contribution in [0.3, 0.4) is 0 Å². The van der Waals surface area contributed by atoms with Crippen LogP contribution in [-0.4, -0.2) is 65.9 Å². The first-order chi connectivity index (χ1) is 11.7. The number of nitrogens with zero attached hydrogens (tertiary/aromatic N) is 2. The number of carbonyl (C=O) groups is 2. The molecule has 2 saturated heterocycles. The lowest BCUT2D eigenvalue weighted by molar-refractivity contribution is -0.134. The van der Waals surface area contributed by atoms with Crippen molar-refractivity contribution in [1.29, 1.82) is 0 Å². The summed E-state index contributed by atoms with van der Waals surface area (Å²) in [4.78, 5) is 29.4. The molecule has 0 aromatic heterocycles. The van der Waals surface area contributed by atoms with E-state index >= 15 is 0 Å². The smallest absolute Gasteiger partial charge is 0.254 e. The number of rotatable bonds is 4. The summed E-state index contributed by atoms with van der Waals surface area (Å²) in [5, 5.41) is 0. The average Bonchev–Trinajstić information content (AvgIpc) is 3.11. The van der Waals surface area contributed by atoms with E-state index < -0.39 is 0 Å². The third-order valence-corrected chi connectivity index (χ3v) is 5.55. The van der Waals surface area contributed by atoms with E-state index in [-0.39, 0.29) is 17.9 Å². The fourth-order valence-corrected chi connectivity index (χ4v) is 4.29. The van der Waals surface area contributed by atoms with E-state index in [1.807, 2.05) is 40.9 Å². The van der Waals surface area contributed by atoms with Crippen molar-refractivity contribution >= 4 is 23.6 Å². The second-order valence-electron chi connectivity index (χ2n) is 6.23. The lowest BCUT2D eigenvalue weighted by Gasteiger charge is -2.32. The van der Waals surface area contributed by atoms with Crippen LogP contribution in [0, 0.1) is 0 Å². The van der Waals surface area contributed by atoms with E-state index in [1.54, 1.807) is 12.0 Å². The molecule has 1 aromatic rings. The SMILES string of the molecule is COCc1cccc(C(=O)N2CCCC2C(=O)N2CCSCC2)c1. The number of hydrogen-bond acceptors (Lipinski definition) is 4. The molecule has 3 rings (SSSR count). The maximum absolute atomic E-state index is 12.9. The van der Waals surface area contributed by atoms with Crippen molar-refractivity contribution < 1.29 is 14.3 Å². The highest BCUT2D eigenvalue weighted by molar-refractivity contribution is 7.99. The van der Waals surface area contributed by atoms with Gasteiger partial charge in [-0.3, -0.25) is 9.59 Å². The summed E-state index contributed by atoms with van der Waals surface area (Å²) in [7, 11) is 1.64. The third-order valence-electron chi connectivity index (χ3n) is 4.61. The Bertz CT molecular complexity index is 602. The zero-order chi connectivity index (χ0) is 16.9. The summed E-state index contributed by atoms with van der Waals surface area (Å²) in [5.41, 5.74) is 1.61. The van der Waals surface area contributed by atoms with Gasteiger partial charge in [0.25, 0.3) is 5.91 Å². The first-order valence-electron chi connectivity index (χ1n) is 8.46. The highest BCUT2D eigenvalue weighted by atomic mass is 32.2. The summed E-state index contributed by atoms with van der Waals surface area (Å²) >= 11 is 1.88. The Morgan fingerprint density at radius 3 is 2.79 bits per heavy atom. The molecule has 2 aliphatic rings. The molecule has 0 aliphatic carbocycles. The summed E-state index contributed by atoms with van der Waals surface area (Å²) in [6.07, 6.45) is 1.66. The first-order valence-corrected chi connectivity index (χ1v) is 9.61. The minimum absolute atomic E-state index is 0.0461. The Morgan fingerprint density at radius 1 is 1.25 bits per heavy atom. The third kappa shape index (κ3) is 3.75. The van der Waals surface area contributed by atoms with Crippen molar-refractivity contribution in [3.8, 4) is 0 Å². The number of likely N-dealkylation sites (tertiary alicyclic amines) is 1. The maximum atomic E-state index is 12.9. The second kappa shape index (κ2) is 8.03. The normalized spacial score (nSPS) is 21.1. The molecular weight excluding hydrogens is 324 g/mol. The number of carbonyl (C=O) groups excluding carboxylic acids is 2. The average molecular weight is 348 g/mol. The van der Waals surface area contributed by atoms with Gasteiger partial charge in [0.1, 0.15) is 6.04 Å². The zero-order valence-corrected chi connectivity index (χ0v) is 14.9. The molecule has 0 radical (unpaired) electrons. The van der Waals surface area contributed by atoms with Gasteiger partial charge in [0.05, 0.1) is 6.61 Å². The van der Waals surface area contributed by atoms with Gasteiger partial charge in [-0.15, -0.1) is 0 Å². The van der Waals surface area contributed by atoms with E-state index in [2.05, 4.69) is 0 Å². The Morgan fingerprint density at radius 2 is 2.04 bits per heavy atom. The molecular formula is C18H24N2O3S. The first kappa shape index (κ1) is 17.3. The lowest BCUT2D eigenvalue weighted by Crippen LogP contribution is -2.50. The summed E-state index contributed by atoms with van der Waals surface area (Å²) in [6.45, 7) is 2.73. The fourth-order valence-electron chi connectivity index (χ4n) is 3.39. The topological polar surface area (TPSA) is 49.9 Å². The molecule has 2 heterocycles. The number of thioether (sulfide) groups is 1. The fraction of sp³-hybridized carbons (Fsp3) is 0.556. The Labute approximate surface area is 147 Å². The van der Waals surface area contributed by atoms with Crippen LogP contribution in [0.4, 0.5) is 0 Å². The van der Waals surface area contributed by atoms with Crippen LogP contribution >= 0.6 is 11.8 Å².